The van der Waals surface area contributed by atoms with Crippen LogP contribution in [0.2, 0.25) is 0 Å². The van der Waals surface area contributed by atoms with Crippen molar-refractivity contribution in [1.82, 2.24) is 0 Å². The average molecular weight is 390 g/mol. The van der Waals surface area contributed by atoms with Gasteiger partial charge >= 0.3 is 37.9 Å². The van der Waals surface area contributed by atoms with Crippen molar-refractivity contribution in [3.05, 3.63) is 29.3 Å². The molecule has 0 spiro atoms. The van der Waals surface area contributed by atoms with E-state index < -0.39 is 20.8 Å². The number of phenols is 1. The van der Waals surface area contributed by atoms with Crippen molar-refractivity contribution in [2.45, 2.75) is 32.2 Å². The molecule has 0 saturated heterocycles. The van der Waals surface area contributed by atoms with Gasteiger partial charge in [0.05, 0.1) is 18.0 Å². The van der Waals surface area contributed by atoms with Gasteiger partial charge in [-0.05, 0) is 37.8 Å². The van der Waals surface area contributed by atoms with E-state index >= 15 is 0 Å². The fourth-order valence-electron chi connectivity index (χ4n) is 2.23. The standard InChI is InChI=1S/C14H16N2O.2ClH.Zr/c1-10-4-2-6-12(14(10)17)9-16-13-7-3-5-11(13)8-15;;;/h2,4,6,9,11,13,17H,3,5,7H2,1H3;2*1H;/q;;;+2/p-2. The van der Waals surface area contributed by atoms with Crippen LogP contribution in [0, 0.1) is 24.2 Å². The number of aromatic hydroxyl groups is 1. The van der Waals surface area contributed by atoms with Gasteiger partial charge in [0.2, 0.25) is 0 Å². The second-order valence-electron chi connectivity index (χ2n) is 4.60. The number of hydrogen-bond acceptors (Lipinski definition) is 3. The van der Waals surface area contributed by atoms with Crippen LogP contribution in [0.5, 0.6) is 5.75 Å². The van der Waals surface area contributed by atoms with Crippen LogP contribution in [0.4, 0.5) is 0 Å². The summed E-state index contributed by atoms with van der Waals surface area (Å²) in [6, 6.07) is 7.99. The SMILES string of the molecule is Cc1cccc(C=NC2CCCC2C#N)c1O.[Cl][Zr][Cl]. The Morgan fingerprint density at radius 3 is 2.80 bits per heavy atom. The Kier molecular flexibility index (Phi) is 8.45. The fraction of sp³-hybridized carbons (Fsp3) is 0.429. The summed E-state index contributed by atoms with van der Waals surface area (Å²) in [7, 11) is 9.87. The minimum atomic E-state index is -0.826. The molecule has 20 heavy (non-hydrogen) atoms. The summed E-state index contributed by atoms with van der Waals surface area (Å²) in [6.45, 7) is 1.86. The number of benzene rings is 1. The summed E-state index contributed by atoms with van der Waals surface area (Å²) < 4.78 is 0. The summed E-state index contributed by atoms with van der Waals surface area (Å²) >= 11 is -0.826. The Morgan fingerprint density at radius 1 is 1.45 bits per heavy atom. The number of aryl methyl sites for hydroxylation is 1. The van der Waals surface area contributed by atoms with Crippen molar-refractivity contribution in [3.8, 4) is 11.8 Å². The van der Waals surface area contributed by atoms with Gasteiger partial charge in [0, 0.05) is 11.8 Å². The monoisotopic (exact) mass is 388 g/mol. The first-order chi connectivity index (χ1) is 9.63. The van der Waals surface area contributed by atoms with E-state index in [2.05, 4.69) is 11.1 Å². The van der Waals surface area contributed by atoms with E-state index in [4.69, 9.17) is 22.3 Å². The first-order valence-electron chi connectivity index (χ1n) is 6.31. The first kappa shape index (κ1) is 17.7. The molecule has 1 aromatic rings. The maximum atomic E-state index is 9.84. The third-order valence-electron chi connectivity index (χ3n) is 3.32. The summed E-state index contributed by atoms with van der Waals surface area (Å²) in [6.07, 6.45) is 4.68. The molecule has 0 aromatic heterocycles. The quantitative estimate of drug-likeness (QED) is 0.770. The third kappa shape index (κ3) is 5.20. The topological polar surface area (TPSA) is 56.4 Å². The van der Waals surface area contributed by atoms with Crippen LogP contribution in [-0.4, -0.2) is 17.4 Å². The molecule has 2 atom stereocenters. The first-order valence-corrected chi connectivity index (χ1v) is 12.6. The second kappa shape index (κ2) is 9.56. The molecule has 1 aromatic carbocycles. The summed E-state index contributed by atoms with van der Waals surface area (Å²) in [4.78, 5) is 4.44. The van der Waals surface area contributed by atoms with Gasteiger partial charge in [0.1, 0.15) is 5.75 Å². The summed E-state index contributed by atoms with van der Waals surface area (Å²) in [5.41, 5.74) is 1.57. The molecule has 0 heterocycles. The molecular formula is C14H16Cl2N2OZr. The van der Waals surface area contributed by atoms with Crippen LogP contribution in [0.3, 0.4) is 0 Å². The number of nitrogens with zero attached hydrogens (tertiary/aromatic N) is 2. The van der Waals surface area contributed by atoms with E-state index in [1.807, 2.05) is 25.1 Å². The van der Waals surface area contributed by atoms with Gasteiger partial charge in [0.25, 0.3) is 0 Å². The number of rotatable bonds is 2. The molecule has 1 N–H and O–H groups in total. The molecule has 0 amide bonds. The molecule has 106 valence electrons. The van der Waals surface area contributed by atoms with E-state index in [0.29, 0.717) is 0 Å². The summed E-state index contributed by atoms with van der Waals surface area (Å²) in [5, 5.41) is 18.8. The van der Waals surface area contributed by atoms with Crippen molar-refractivity contribution in [1.29, 1.82) is 5.26 Å². The molecule has 0 aliphatic heterocycles. The van der Waals surface area contributed by atoms with Crippen molar-refractivity contribution in [3.63, 3.8) is 0 Å². The number of halogens is 2. The van der Waals surface area contributed by atoms with Crippen molar-refractivity contribution in [2.75, 3.05) is 0 Å². The van der Waals surface area contributed by atoms with Crippen LogP contribution >= 0.6 is 17.0 Å². The third-order valence-corrected chi connectivity index (χ3v) is 3.32. The Balaban J connectivity index is 0.000000612. The zero-order valence-corrected chi connectivity index (χ0v) is 15.2. The Hall–Kier alpha value is -0.357. The van der Waals surface area contributed by atoms with E-state index in [-0.39, 0.29) is 17.7 Å². The number of hydrogen-bond donors (Lipinski definition) is 1. The van der Waals surface area contributed by atoms with Gasteiger partial charge in [-0.3, -0.25) is 4.99 Å². The van der Waals surface area contributed by atoms with E-state index in [0.717, 1.165) is 30.4 Å². The molecule has 0 bridgehead atoms. The predicted octanol–water partition coefficient (Wildman–Crippen LogP) is 4.19. The molecular weight excluding hydrogens is 374 g/mol. The van der Waals surface area contributed by atoms with E-state index in [1.165, 1.54) is 0 Å². The number of aliphatic imine (C=N–C) groups is 1. The van der Waals surface area contributed by atoms with Crippen LogP contribution < -0.4 is 0 Å². The van der Waals surface area contributed by atoms with Gasteiger partial charge in [-0.15, -0.1) is 0 Å². The van der Waals surface area contributed by atoms with Crippen molar-refractivity contribution >= 4 is 23.2 Å². The molecule has 2 unspecified atom stereocenters. The van der Waals surface area contributed by atoms with Crippen molar-refractivity contribution < 1.29 is 26.0 Å². The maximum absolute atomic E-state index is 9.84. The van der Waals surface area contributed by atoms with Gasteiger partial charge in [0.15, 0.2) is 0 Å². The number of nitriles is 1. The van der Waals surface area contributed by atoms with Gasteiger partial charge in [-0.2, -0.15) is 5.26 Å². The van der Waals surface area contributed by atoms with Gasteiger partial charge in [-0.25, -0.2) is 0 Å². The minimum absolute atomic E-state index is 0.0400. The number of para-hydroxylation sites is 1. The molecule has 2 rings (SSSR count). The van der Waals surface area contributed by atoms with Gasteiger partial charge < -0.3 is 5.11 Å². The van der Waals surface area contributed by atoms with Crippen LogP contribution in [-0.2, 0) is 20.8 Å². The van der Waals surface area contributed by atoms with Crippen LogP contribution in [0.15, 0.2) is 23.2 Å². The van der Waals surface area contributed by atoms with E-state index in [9.17, 15) is 5.11 Å². The molecule has 1 saturated carbocycles. The molecule has 1 aliphatic rings. The van der Waals surface area contributed by atoms with Crippen LogP contribution in [0.25, 0.3) is 0 Å². The molecule has 6 heteroatoms. The predicted molar refractivity (Wildman–Crippen MR) is 78.9 cm³/mol. The fourth-order valence-corrected chi connectivity index (χ4v) is 2.23. The Labute approximate surface area is 138 Å². The normalized spacial score (nSPS) is 21.1. The zero-order chi connectivity index (χ0) is 15.0. The Morgan fingerprint density at radius 2 is 2.15 bits per heavy atom. The molecule has 1 aliphatic carbocycles. The summed E-state index contributed by atoms with van der Waals surface area (Å²) in [5.74, 6) is 0.320. The molecule has 0 radical (unpaired) electrons. The molecule has 3 nitrogen and oxygen atoms in total. The van der Waals surface area contributed by atoms with Crippen molar-refractivity contribution in [2.24, 2.45) is 10.9 Å². The zero-order valence-electron chi connectivity index (χ0n) is 11.2. The Bertz CT molecular complexity index is 502. The van der Waals surface area contributed by atoms with E-state index in [1.54, 1.807) is 6.21 Å². The molecule has 1 fully saturated rings. The average Bonchev–Trinajstić information content (AvgIpc) is 2.89. The van der Waals surface area contributed by atoms with Crippen LogP contribution in [0.1, 0.15) is 30.4 Å². The van der Waals surface area contributed by atoms with Gasteiger partial charge in [-0.1, -0.05) is 12.1 Å². The number of phenolic OH excluding ortho intramolecular Hbond substituents is 1. The second-order valence-corrected chi connectivity index (χ2v) is 8.33.